The topological polar surface area (TPSA) is 211 Å². The van der Waals surface area contributed by atoms with Gasteiger partial charge in [-0.25, -0.2) is 14.8 Å². The highest BCUT2D eigenvalue weighted by Gasteiger charge is 2.41. The molecule has 2 aliphatic heterocycles. The molecule has 19 heteroatoms. The molecule has 440 valence electrons. The molecule has 8 rings (SSSR count). The van der Waals surface area contributed by atoms with E-state index in [1.165, 1.54) is 12.1 Å². The number of aryl methyl sites for hydroxylation is 2. The van der Waals surface area contributed by atoms with E-state index in [2.05, 4.69) is 83.0 Å². The summed E-state index contributed by atoms with van der Waals surface area (Å²) in [5, 5.41) is 13.0. The van der Waals surface area contributed by atoms with E-state index < -0.39 is 34.7 Å². The van der Waals surface area contributed by atoms with Crippen LogP contribution in [-0.2, 0) is 44.4 Å². The molecule has 6 aromatic rings. The molecule has 2 atom stereocenters. The summed E-state index contributed by atoms with van der Waals surface area (Å²) in [5.74, 6) is -0.797. The molecular weight excluding hydrogens is 1120 g/mol. The molecule has 2 aliphatic rings. The Labute approximate surface area is 500 Å². The number of nitrogen functional groups attached to an aromatic ring is 1. The van der Waals surface area contributed by atoms with Crippen LogP contribution in [0.15, 0.2) is 122 Å². The lowest BCUT2D eigenvalue weighted by molar-refractivity contribution is -0.124. The largest absolute Gasteiger partial charge is 0.478 e. The van der Waals surface area contributed by atoms with Gasteiger partial charge in [0.25, 0.3) is 17.7 Å². The number of carboxylic acid groups (broad SMARTS) is 1. The van der Waals surface area contributed by atoms with Crippen molar-refractivity contribution < 1.29 is 42.7 Å². The molecule has 0 saturated heterocycles. The highest BCUT2D eigenvalue weighted by molar-refractivity contribution is 6.74. The number of carbonyl (C=O) groups is 6. The molecule has 4 N–H and O–H groups in total. The number of rotatable bonds is 15. The standard InChI is InChI=1S/C32H38ClN3O4Si.C26H32ClNO5Si.C6H8N2/c1-21-7-14-29(34-19-21)35-30(38)23-10-8-22(9-11-23)20-36-27(15-16-40-41(5,6)32(2,3)4)28(37)18-24-17-25(33)12-13-26(24)31(36)39;1-26(2,3)34(4,5)33-13-12-22-23(29)15-19-14-20(27)10-11-21(19)24(30)28(22)16-17-6-8-18(9-7-17)25(31)32;1-5-2-3-6(7)8-4-5/h7-14,17,19,27H,15-16,18,20H2,1-6H3,(H,34,35,38);6-11,14,22H,12-13,15-16H2,1-5H3,(H,31,32);2-4H,1H3,(H2,7,8)/t27-;22-;/m11./s1. The van der Waals surface area contributed by atoms with Crippen LogP contribution in [0, 0.1) is 13.8 Å². The Hall–Kier alpha value is -6.87. The first kappa shape index (κ1) is 65.3. The summed E-state index contributed by atoms with van der Waals surface area (Å²) < 4.78 is 12.7. The predicted molar refractivity (Wildman–Crippen MR) is 333 cm³/mol. The fourth-order valence-corrected chi connectivity index (χ4v) is 11.3. The highest BCUT2D eigenvalue weighted by atomic mass is 35.5. The van der Waals surface area contributed by atoms with Gasteiger partial charge in [0.05, 0.1) is 17.6 Å². The number of anilines is 2. The van der Waals surface area contributed by atoms with Crippen LogP contribution in [0.25, 0.3) is 0 Å². The summed E-state index contributed by atoms with van der Waals surface area (Å²) in [6.45, 7) is 26.8. The van der Waals surface area contributed by atoms with E-state index in [9.17, 15) is 33.9 Å². The lowest BCUT2D eigenvalue weighted by Crippen LogP contribution is -2.46. The maximum Gasteiger partial charge on any atom is 0.335 e. The average Bonchev–Trinajstić information content (AvgIpc) is 3.46. The lowest BCUT2D eigenvalue weighted by atomic mass is 10.0. The van der Waals surface area contributed by atoms with Gasteiger partial charge in [0.1, 0.15) is 11.6 Å². The zero-order chi connectivity index (χ0) is 61.2. The van der Waals surface area contributed by atoms with Crippen LogP contribution < -0.4 is 11.1 Å². The molecule has 2 aromatic heterocycles. The molecule has 0 unspecified atom stereocenters. The molecule has 3 amide bonds. The van der Waals surface area contributed by atoms with Crippen molar-refractivity contribution in [2.24, 2.45) is 0 Å². The first-order valence-electron chi connectivity index (χ1n) is 27.7. The molecular formula is C64H78Cl2N6O9Si2. The number of halogens is 2. The second-order valence-electron chi connectivity index (χ2n) is 24.2. The number of ketones is 2. The summed E-state index contributed by atoms with van der Waals surface area (Å²) in [5.41, 5.74) is 11.9. The van der Waals surface area contributed by atoms with Crippen LogP contribution in [0.1, 0.15) is 129 Å². The smallest absolute Gasteiger partial charge is 0.335 e. The Morgan fingerprint density at radius 3 is 1.39 bits per heavy atom. The van der Waals surface area contributed by atoms with Crippen molar-refractivity contribution in [3.05, 3.63) is 187 Å². The van der Waals surface area contributed by atoms with Gasteiger partial charge in [0.15, 0.2) is 28.2 Å². The van der Waals surface area contributed by atoms with Gasteiger partial charge in [-0.2, -0.15) is 0 Å². The number of Topliss-reactive ketones (excluding diaryl/α,β-unsaturated/α-hetero) is 2. The fourth-order valence-electron chi connectivity index (χ4n) is 8.78. The number of aromatic carboxylic acids is 1. The number of aromatic nitrogens is 2. The van der Waals surface area contributed by atoms with Gasteiger partial charge >= 0.3 is 5.97 Å². The number of nitrogens with one attached hydrogen (secondary N) is 1. The van der Waals surface area contributed by atoms with Gasteiger partial charge in [0.2, 0.25) is 0 Å². The Bertz CT molecular complexity index is 3270. The Morgan fingerprint density at radius 2 is 1.02 bits per heavy atom. The first-order chi connectivity index (χ1) is 38.8. The average molecular weight is 1200 g/mol. The van der Waals surface area contributed by atoms with Crippen molar-refractivity contribution in [3.63, 3.8) is 0 Å². The van der Waals surface area contributed by atoms with E-state index in [1.54, 1.807) is 95.0 Å². The second-order valence-corrected chi connectivity index (χ2v) is 34.7. The number of fused-ring (bicyclic) bond motifs is 2. The maximum atomic E-state index is 13.9. The zero-order valence-electron chi connectivity index (χ0n) is 49.7. The number of hydrogen-bond acceptors (Lipinski definition) is 11. The van der Waals surface area contributed by atoms with Crippen molar-refractivity contribution in [1.29, 1.82) is 0 Å². The van der Waals surface area contributed by atoms with E-state index in [-0.39, 0.29) is 70.9 Å². The third kappa shape index (κ3) is 17.6. The molecule has 0 fully saturated rings. The van der Waals surface area contributed by atoms with Crippen molar-refractivity contribution in [3.8, 4) is 0 Å². The number of pyridine rings is 2. The molecule has 15 nitrogen and oxygen atoms in total. The minimum atomic E-state index is -2.03. The SMILES string of the molecule is CC(C)(C)[Si](C)(C)OCC[C@@H]1C(=O)Cc2cc(Cl)ccc2C(=O)N1Cc1ccc(C(=O)O)cc1.Cc1ccc(N)nc1.Cc1ccc(NC(=O)c2ccc(CN3C(=O)c4ccc(Cl)cc4CC(=O)[C@H]3CCO[Si](C)(C)C(C)(C)C)cc2)nc1. The van der Waals surface area contributed by atoms with Gasteiger partial charge in [-0.3, -0.25) is 24.0 Å². The molecule has 0 saturated carbocycles. The summed E-state index contributed by atoms with van der Waals surface area (Å²) in [6, 6.07) is 29.6. The van der Waals surface area contributed by atoms with Crippen molar-refractivity contribution >= 4 is 86.7 Å². The van der Waals surface area contributed by atoms with E-state index in [4.69, 9.17) is 37.8 Å². The number of hydrogen-bond donors (Lipinski definition) is 3. The van der Waals surface area contributed by atoms with Crippen LogP contribution >= 0.6 is 23.2 Å². The Balaban J connectivity index is 0.000000237. The molecule has 0 radical (unpaired) electrons. The van der Waals surface area contributed by atoms with Gasteiger partial charge in [0, 0.05) is 78.3 Å². The third-order valence-corrected chi connectivity index (χ3v) is 25.4. The van der Waals surface area contributed by atoms with Crippen LogP contribution in [0.3, 0.4) is 0 Å². The minimum absolute atomic E-state index is 0.0342. The Kier molecular flexibility index (Phi) is 21.8. The van der Waals surface area contributed by atoms with Gasteiger partial charge in [-0.1, -0.05) is 101 Å². The molecule has 83 heavy (non-hydrogen) atoms. The summed E-state index contributed by atoms with van der Waals surface area (Å²) >= 11 is 12.4. The van der Waals surface area contributed by atoms with Crippen molar-refractivity contribution in [2.75, 3.05) is 24.3 Å². The van der Waals surface area contributed by atoms with Gasteiger partial charge in [-0.15, -0.1) is 0 Å². The van der Waals surface area contributed by atoms with Crippen LogP contribution in [0.5, 0.6) is 0 Å². The first-order valence-corrected chi connectivity index (χ1v) is 34.3. The zero-order valence-corrected chi connectivity index (χ0v) is 53.2. The van der Waals surface area contributed by atoms with Gasteiger partial charge < -0.3 is 34.8 Å². The lowest BCUT2D eigenvalue weighted by Gasteiger charge is -2.37. The van der Waals surface area contributed by atoms with Crippen molar-refractivity contribution in [2.45, 2.75) is 143 Å². The summed E-state index contributed by atoms with van der Waals surface area (Å²) in [7, 11) is -4.04. The van der Waals surface area contributed by atoms with Crippen molar-refractivity contribution in [1.82, 2.24) is 19.8 Å². The maximum absolute atomic E-state index is 13.9. The fraction of sp³-hybridized carbons (Fsp3) is 0.375. The van der Waals surface area contributed by atoms with E-state index in [1.807, 2.05) is 38.1 Å². The molecule has 0 spiro atoms. The molecule has 4 aromatic carbocycles. The third-order valence-electron chi connectivity index (χ3n) is 15.9. The van der Waals surface area contributed by atoms with E-state index in [0.29, 0.717) is 75.6 Å². The number of amides is 3. The Morgan fingerprint density at radius 1 is 0.614 bits per heavy atom. The number of carboxylic acids is 1. The molecule has 0 aliphatic carbocycles. The second kappa shape index (κ2) is 27.7. The van der Waals surface area contributed by atoms with Crippen LogP contribution in [-0.4, -0.2) is 102 Å². The van der Waals surface area contributed by atoms with Gasteiger partial charge in [-0.05, 0) is 169 Å². The molecule has 0 bridgehead atoms. The van der Waals surface area contributed by atoms with Crippen LogP contribution in [0.4, 0.5) is 11.6 Å². The number of nitrogens with two attached hydrogens (primary N) is 1. The summed E-state index contributed by atoms with van der Waals surface area (Å²) in [4.78, 5) is 89.7. The highest BCUT2D eigenvalue weighted by Crippen LogP contribution is 2.38. The quantitative estimate of drug-likeness (QED) is 0.0820. The normalized spacial score (nSPS) is 15.6. The minimum Gasteiger partial charge on any atom is -0.478 e. The number of benzene rings is 4. The summed E-state index contributed by atoms with van der Waals surface area (Å²) in [6.07, 6.45) is 4.50. The number of carbonyl (C=O) groups excluding carboxylic acids is 5. The monoisotopic (exact) mass is 1200 g/mol. The number of nitrogens with zero attached hydrogens (tertiary/aromatic N) is 4. The van der Waals surface area contributed by atoms with Crippen LogP contribution in [0.2, 0.25) is 46.3 Å². The molecule has 4 heterocycles. The van der Waals surface area contributed by atoms with E-state index in [0.717, 1.165) is 22.3 Å². The van der Waals surface area contributed by atoms with E-state index >= 15 is 0 Å². The predicted octanol–water partition coefficient (Wildman–Crippen LogP) is 13.4.